The van der Waals surface area contributed by atoms with Crippen LogP contribution in [0.15, 0.2) is 72.9 Å². The van der Waals surface area contributed by atoms with Crippen LogP contribution >= 0.6 is 0 Å². The second-order valence-electron chi connectivity index (χ2n) is 22.4. The molecule has 1 atom stereocenters. The number of carbonyl (C=O) groups excluding carboxylic acids is 3. The standard InChI is InChI=1S/C71H126O6/c1-4-7-10-13-16-19-22-25-27-29-31-33-35-37-39-41-43-46-49-52-55-58-61-64-70(73)76-67-68(66-75-69(72)63-60-57-54-51-48-45-24-21-18-15-12-9-6-3)77-71(74)65-62-59-56-53-50-47-44-42-40-38-36-34-32-30-28-26-23-20-17-14-11-8-5-2/h12,15,21-26,29-32,68H,4-11,13-14,16-20,27-28,33-67H2,1-3H3/b15-12-,24-21-,25-22-,26-23-,31-29-,32-30-. The highest BCUT2D eigenvalue weighted by molar-refractivity contribution is 5.71. The highest BCUT2D eigenvalue weighted by Gasteiger charge is 2.19. The van der Waals surface area contributed by atoms with Crippen molar-refractivity contribution < 1.29 is 28.6 Å². The van der Waals surface area contributed by atoms with Gasteiger partial charge in [0.2, 0.25) is 0 Å². The maximum Gasteiger partial charge on any atom is 0.306 e. The predicted molar refractivity (Wildman–Crippen MR) is 335 cm³/mol. The maximum absolute atomic E-state index is 12.9. The molecule has 0 saturated carbocycles. The van der Waals surface area contributed by atoms with E-state index in [1.807, 2.05) is 0 Å². The van der Waals surface area contributed by atoms with Gasteiger partial charge in [0.1, 0.15) is 13.2 Å². The van der Waals surface area contributed by atoms with Crippen LogP contribution in [0.1, 0.15) is 342 Å². The minimum absolute atomic E-state index is 0.0801. The molecule has 0 aliphatic heterocycles. The Morgan fingerprint density at radius 1 is 0.260 bits per heavy atom. The lowest BCUT2D eigenvalue weighted by molar-refractivity contribution is -0.167. The van der Waals surface area contributed by atoms with E-state index >= 15 is 0 Å². The lowest BCUT2D eigenvalue weighted by Gasteiger charge is -2.18. The van der Waals surface area contributed by atoms with Gasteiger partial charge in [-0.05, 0) is 109 Å². The molecule has 6 heteroatoms. The lowest BCUT2D eigenvalue weighted by atomic mass is 10.0. The molecule has 0 aromatic rings. The van der Waals surface area contributed by atoms with Gasteiger partial charge < -0.3 is 14.2 Å². The maximum atomic E-state index is 12.9. The number of allylic oxidation sites excluding steroid dienone is 12. The van der Waals surface area contributed by atoms with Crippen LogP contribution in [0.5, 0.6) is 0 Å². The lowest BCUT2D eigenvalue weighted by Crippen LogP contribution is -2.30. The Balaban J connectivity index is 4.30. The largest absolute Gasteiger partial charge is 0.462 e. The quantitative estimate of drug-likeness (QED) is 0.0261. The molecule has 0 spiro atoms. The van der Waals surface area contributed by atoms with Gasteiger partial charge in [0, 0.05) is 19.3 Å². The van der Waals surface area contributed by atoms with Crippen molar-refractivity contribution in [2.24, 2.45) is 0 Å². The van der Waals surface area contributed by atoms with E-state index in [-0.39, 0.29) is 31.1 Å². The number of hydrogen-bond acceptors (Lipinski definition) is 6. The summed E-state index contributed by atoms with van der Waals surface area (Å²) in [6.45, 7) is 6.58. The van der Waals surface area contributed by atoms with E-state index < -0.39 is 6.10 Å². The highest BCUT2D eigenvalue weighted by Crippen LogP contribution is 2.17. The summed E-state index contributed by atoms with van der Waals surface area (Å²) in [5.41, 5.74) is 0. The first-order chi connectivity index (χ1) is 38.0. The van der Waals surface area contributed by atoms with E-state index in [2.05, 4.69) is 93.7 Å². The van der Waals surface area contributed by atoms with Gasteiger partial charge in [0.15, 0.2) is 6.10 Å². The summed E-state index contributed by atoms with van der Waals surface area (Å²) in [6, 6.07) is 0. The molecule has 446 valence electrons. The third kappa shape index (κ3) is 63.6. The molecule has 0 radical (unpaired) electrons. The van der Waals surface area contributed by atoms with Crippen LogP contribution in [0.2, 0.25) is 0 Å². The van der Waals surface area contributed by atoms with Gasteiger partial charge in [-0.3, -0.25) is 14.4 Å². The van der Waals surface area contributed by atoms with E-state index in [1.54, 1.807) is 0 Å². The van der Waals surface area contributed by atoms with Crippen molar-refractivity contribution in [2.45, 2.75) is 348 Å². The topological polar surface area (TPSA) is 78.9 Å². The second kappa shape index (κ2) is 65.4. The fourth-order valence-corrected chi connectivity index (χ4v) is 9.60. The molecular formula is C71H126O6. The first-order valence-electron chi connectivity index (χ1n) is 33.4. The third-order valence-electron chi connectivity index (χ3n) is 14.6. The van der Waals surface area contributed by atoms with Crippen molar-refractivity contribution in [1.82, 2.24) is 0 Å². The molecule has 0 bridgehead atoms. The molecule has 1 unspecified atom stereocenters. The number of ether oxygens (including phenoxy) is 3. The van der Waals surface area contributed by atoms with Crippen LogP contribution in [0, 0.1) is 0 Å². The minimum atomic E-state index is -0.784. The van der Waals surface area contributed by atoms with E-state index in [1.165, 1.54) is 205 Å². The summed E-state index contributed by atoms with van der Waals surface area (Å²) in [7, 11) is 0. The number of esters is 3. The SMILES string of the molecule is CCC/C=C\C/C=C\CCCCCCCC(=O)OCC(COC(=O)CCCCCCCCCCCCC/C=C\C/C=C\CCCCCCC)OC(=O)CCCCCCCCCCCCC/C=C\C/C=C\CCCCCCC. The van der Waals surface area contributed by atoms with Gasteiger partial charge in [-0.15, -0.1) is 0 Å². The van der Waals surface area contributed by atoms with E-state index in [4.69, 9.17) is 14.2 Å². The molecule has 0 saturated heterocycles. The van der Waals surface area contributed by atoms with Crippen LogP contribution in [0.4, 0.5) is 0 Å². The normalized spacial score (nSPS) is 12.5. The number of hydrogen-bond donors (Lipinski definition) is 0. The van der Waals surface area contributed by atoms with Gasteiger partial charge in [0.05, 0.1) is 0 Å². The molecule has 6 nitrogen and oxygen atoms in total. The Morgan fingerprint density at radius 3 is 0.766 bits per heavy atom. The summed E-state index contributed by atoms with van der Waals surface area (Å²) in [6.07, 6.45) is 84.8. The van der Waals surface area contributed by atoms with Crippen molar-refractivity contribution in [1.29, 1.82) is 0 Å². The number of carbonyl (C=O) groups is 3. The zero-order chi connectivity index (χ0) is 55.7. The first-order valence-corrected chi connectivity index (χ1v) is 33.4. The summed E-state index contributed by atoms with van der Waals surface area (Å²) in [5, 5.41) is 0. The zero-order valence-corrected chi connectivity index (χ0v) is 51.2. The first kappa shape index (κ1) is 73.8. The summed E-state index contributed by atoms with van der Waals surface area (Å²) >= 11 is 0. The van der Waals surface area contributed by atoms with Crippen molar-refractivity contribution in [3.63, 3.8) is 0 Å². The fraction of sp³-hybridized carbons (Fsp3) is 0.789. The highest BCUT2D eigenvalue weighted by atomic mass is 16.6. The molecule has 0 aromatic heterocycles. The van der Waals surface area contributed by atoms with Crippen LogP contribution in [0.3, 0.4) is 0 Å². The van der Waals surface area contributed by atoms with Crippen LogP contribution < -0.4 is 0 Å². The number of unbranched alkanes of at least 4 members (excludes halogenated alkanes) is 38. The number of rotatable bonds is 61. The van der Waals surface area contributed by atoms with Crippen molar-refractivity contribution in [2.75, 3.05) is 13.2 Å². The predicted octanol–water partition coefficient (Wildman–Crippen LogP) is 22.9. The Morgan fingerprint density at radius 2 is 0.494 bits per heavy atom. The Hall–Kier alpha value is -3.15. The average molecular weight is 1080 g/mol. The fourth-order valence-electron chi connectivity index (χ4n) is 9.60. The van der Waals surface area contributed by atoms with Crippen molar-refractivity contribution in [3.8, 4) is 0 Å². The van der Waals surface area contributed by atoms with E-state index in [0.717, 1.165) is 96.3 Å². The second-order valence-corrected chi connectivity index (χ2v) is 22.4. The molecule has 0 rings (SSSR count). The third-order valence-corrected chi connectivity index (χ3v) is 14.6. The van der Waals surface area contributed by atoms with Gasteiger partial charge in [-0.1, -0.05) is 286 Å². The van der Waals surface area contributed by atoms with E-state index in [0.29, 0.717) is 19.3 Å². The zero-order valence-electron chi connectivity index (χ0n) is 51.2. The summed E-state index contributed by atoms with van der Waals surface area (Å²) in [5.74, 6) is -0.883. The molecule has 0 N–H and O–H groups in total. The molecule has 0 fully saturated rings. The van der Waals surface area contributed by atoms with Crippen LogP contribution in [0.25, 0.3) is 0 Å². The smallest absolute Gasteiger partial charge is 0.306 e. The molecule has 0 aliphatic rings. The average Bonchev–Trinajstić information content (AvgIpc) is 3.43. The summed E-state index contributed by atoms with van der Waals surface area (Å²) in [4.78, 5) is 38.4. The van der Waals surface area contributed by atoms with Gasteiger partial charge in [-0.25, -0.2) is 0 Å². The van der Waals surface area contributed by atoms with Gasteiger partial charge >= 0.3 is 17.9 Å². The Bertz CT molecular complexity index is 1420. The monoisotopic (exact) mass is 1070 g/mol. The van der Waals surface area contributed by atoms with Crippen molar-refractivity contribution in [3.05, 3.63) is 72.9 Å². The summed E-state index contributed by atoms with van der Waals surface area (Å²) < 4.78 is 16.9. The van der Waals surface area contributed by atoms with Crippen molar-refractivity contribution >= 4 is 17.9 Å². The molecule has 0 aromatic carbocycles. The van der Waals surface area contributed by atoms with Crippen LogP contribution in [-0.2, 0) is 28.6 Å². The molecule has 0 heterocycles. The molecule has 0 aliphatic carbocycles. The van der Waals surface area contributed by atoms with E-state index in [9.17, 15) is 14.4 Å². The van der Waals surface area contributed by atoms with Gasteiger partial charge in [-0.2, -0.15) is 0 Å². The minimum Gasteiger partial charge on any atom is -0.462 e. The molecular weight excluding hydrogens is 949 g/mol. The molecule has 0 amide bonds. The molecule has 77 heavy (non-hydrogen) atoms. The Labute approximate surface area is 478 Å². The van der Waals surface area contributed by atoms with Gasteiger partial charge in [0.25, 0.3) is 0 Å². The Kier molecular flexibility index (Phi) is 62.7. The van der Waals surface area contributed by atoms with Crippen LogP contribution in [-0.4, -0.2) is 37.2 Å².